The minimum absolute atomic E-state index is 0.413. The third-order valence-corrected chi connectivity index (χ3v) is 4.28. The molecule has 2 heterocycles. The molecule has 98 valence electrons. The van der Waals surface area contributed by atoms with Crippen LogP contribution in [0.1, 0.15) is 22.6 Å². The van der Waals surface area contributed by atoms with Gasteiger partial charge in [0.25, 0.3) is 0 Å². The Balaban J connectivity index is 1.86. The lowest BCUT2D eigenvalue weighted by Gasteiger charge is -2.32. The van der Waals surface area contributed by atoms with E-state index < -0.39 is 11.9 Å². The molecule has 1 unspecified atom stereocenters. The summed E-state index contributed by atoms with van der Waals surface area (Å²) in [5.41, 5.74) is 3.36. The van der Waals surface area contributed by atoms with Crippen molar-refractivity contribution in [1.29, 1.82) is 0 Å². The van der Waals surface area contributed by atoms with Crippen LogP contribution < -0.4 is 0 Å². The molecule has 1 atom stereocenters. The second-order valence-electron chi connectivity index (χ2n) is 4.89. The molecule has 3 nitrogen and oxygen atoms in total. The van der Waals surface area contributed by atoms with Crippen molar-refractivity contribution in [1.82, 2.24) is 4.90 Å². The number of thiophene rings is 1. The van der Waals surface area contributed by atoms with Gasteiger partial charge in [-0.25, -0.2) is 0 Å². The highest BCUT2D eigenvalue weighted by molar-refractivity contribution is 7.07. The van der Waals surface area contributed by atoms with Gasteiger partial charge in [-0.05, 0) is 33.5 Å². The maximum atomic E-state index is 11.4. The Hall–Kier alpha value is -1.65. The number of rotatable bonds is 3. The zero-order valence-corrected chi connectivity index (χ0v) is 11.3. The van der Waals surface area contributed by atoms with Crippen molar-refractivity contribution in [3.05, 3.63) is 57.8 Å². The molecule has 0 radical (unpaired) electrons. The molecule has 0 bridgehead atoms. The van der Waals surface area contributed by atoms with Gasteiger partial charge >= 0.3 is 5.97 Å². The molecule has 1 aromatic carbocycles. The Labute approximate surface area is 116 Å². The van der Waals surface area contributed by atoms with Gasteiger partial charge in [-0.2, -0.15) is 11.3 Å². The molecule has 0 amide bonds. The van der Waals surface area contributed by atoms with E-state index in [1.165, 1.54) is 5.56 Å². The first-order valence-corrected chi connectivity index (χ1v) is 7.22. The van der Waals surface area contributed by atoms with E-state index in [2.05, 4.69) is 21.7 Å². The van der Waals surface area contributed by atoms with Gasteiger partial charge < -0.3 is 5.11 Å². The second-order valence-corrected chi connectivity index (χ2v) is 5.67. The molecule has 0 fully saturated rings. The molecule has 0 spiro atoms. The van der Waals surface area contributed by atoms with Crippen LogP contribution in [0.5, 0.6) is 0 Å². The molecule has 3 rings (SSSR count). The van der Waals surface area contributed by atoms with Crippen molar-refractivity contribution in [2.45, 2.75) is 19.0 Å². The summed E-state index contributed by atoms with van der Waals surface area (Å²) in [7, 11) is 0. The van der Waals surface area contributed by atoms with Crippen molar-refractivity contribution in [3.8, 4) is 0 Å². The van der Waals surface area contributed by atoms with Crippen molar-refractivity contribution in [2.24, 2.45) is 0 Å². The van der Waals surface area contributed by atoms with E-state index in [9.17, 15) is 9.90 Å². The van der Waals surface area contributed by atoms with Gasteiger partial charge in [-0.1, -0.05) is 24.3 Å². The van der Waals surface area contributed by atoms with Crippen LogP contribution in [0.2, 0.25) is 0 Å². The fraction of sp³-hybridized carbons (Fsp3) is 0.267. The van der Waals surface area contributed by atoms with Crippen LogP contribution in [0.3, 0.4) is 0 Å². The SMILES string of the molecule is O=C(O)C1CN(Cc2ccsc2)Cc2ccccc21. The summed E-state index contributed by atoms with van der Waals surface area (Å²) in [4.78, 5) is 13.7. The molecule has 1 aromatic heterocycles. The van der Waals surface area contributed by atoms with Crippen LogP contribution in [-0.4, -0.2) is 22.5 Å². The quantitative estimate of drug-likeness (QED) is 0.934. The fourth-order valence-electron chi connectivity index (χ4n) is 2.65. The van der Waals surface area contributed by atoms with Crippen molar-refractivity contribution < 1.29 is 9.90 Å². The molecule has 19 heavy (non-hydrogen) atoms. The second kappa shape index (κ2) is 5.15. The van der Waals surface area contributed by atoms with Crippen LogP contribution in [0.4, 0.5) is 0 Å². The molecule has 4 heteroatoms. The number of carbonyl (C=O) groups is 1. The van der Waals surface area contributed by atoms with Crippen LogP contribution in [0.15, 0.2) is 41.1 Å². The van der Waals surface area contributed by atoms with Gasteiger partial charge in [0.1, 0.15) is 0 Å². The summed E-state index contributed by atoms with van der Waals surface area (Å²) >= 11 is 1.68. The smallest absolute Gasteiger partial charge is 0.312 e. The topological polar surface area (TPSA) is 40.5 Å². The first-order chi connectivity index (χ1) is 9.24. The Morgan fingerprint density at radius 2 is 2.21 bits per heavy atom. The number of hydrogen-bond acceptors (Lipinski definition) is 3. The van der Waals surface area contributed by atoms with Gasteiger partial charge in [0.15, 0.2) is 0 Å². The summed E-state index contributed by atoms with van der Waals surface area (Å²) < 4.78 is 0. The van der Waals surface area contributed by atoms with E-state index in [1.807, 2.05) is 24.3 Å². The molecule has 0 aliphatic carbocycles. The Morgan fingerprint density at radius 3 is 2.95 bits per heavy atom. The van der Waals surface area contributed by atoms with Gasteiger partial charge in [0, 0.05) is 19.6 Å². The van der Waals surface area contributed by atoms with Crippen LogP contribution in [0.25, 0.3) is 0 Å². The van der Waals surface area contributed by atoms with E-state index in [0.29, 0.717) is 6.54 Å². The average Bonchev–Trinajstić information content (AvgIpc) is 2.90. The highest BCUT2D eigenvalue weighted by Gasteiger charge is 2.29. The molecule has 1 N–H and O–H groups in total. The Kier molecular flexibility index (Phi) is 3.36. The van der Waals surface area contributed by atoms with E-state index in [1.54, 1.807) is 11.3 Å². The lowest BCUT2D eigenvalue weighted by Crippen LogP contribution is -2.36. The number of hydrogen-bond donors (Lipinski definition) is 1. The third-order valence-electron chi connectivity index (χ3n) is 3.55. The predicted molar refractivity (Wildman–Crippen MR) is 75.3 cm³/mol. The normalized spacial score (nSPS) is 19.1. The number of nitrogens with zero attached hydrogens (tertiary/aromatic N) is 1. The first kappa shape index (κ1) is 12.4. The zero-order valence-electron chi connectivity index (χ0n) is 10.5. The molecule has 0 saturated heterocycles. The predicted octanol–water partition coefficient (Wildman–Crippen LogP) is 2.93. The van der Waals surface area contributed by atoms with Crippen molar-refractivity contribution in [2.75, 3.05) is 6.54 Å². The first-order valence-electron chi connectivity index (χ1n) is 6.28. The van der Waals surface area contributed by atoms with Gasteiger partial charge in [0.05, 0.1) is 5.92 Å². The van der Waals surface area contributed by atoms with Crippen LogP contribution in [0, 0.1) is 0 Å². The summed E-state index contributed by atoms with van der Waals surface area (Å²) in [5.74, 6) is -1.15. The molecule has 0 saturated carbocycles. The summed E-state index contributed by atoms with van der Waals surface area (Å²) in [6, 6.07) is 9.97. The lowest BCUT2D eigenvalue weighted by atomic mass is 9.89. The number of carboxylic acid groups (broad SMARTS) is 1. The van der Waals surface area contributed by atoms with Gasteiger partial charge in [0.2, 0.25) is 0 Å². The molecular formula is C15H15NO2S. The standard InChI is InChI=1S/C15H15NO2S/c17-15(18)14-9-16(7-11-5-6-19-10-11)8-12-3-1-2-4-13(12)14/h1-6,10,14H,7-9H2,(H,17,18). The minimum atomic E-state index is -0.734. The summed E-state index contributed by atoms with van der Waals surface area (Å²) in [5, 5.41) is 13.6. The summed E-state index contributed by atoms with van der Waals surface area (Å²) in [6.07, 6.45) is 0. The average molecular weight is 273 g/mol. The van der Waals surface area contributed by atoms with E-state index in [-0.39, 0.29) is 0 Å². The fourth-order valence-corrected chi connectivity index (χ4v) is 3.31. The molecule has 1 aliphatic heterocycles. The monoisotopic (exact) mass is 273 g/mol. The Bertz CT molecular complexity index is 580. The number of aliphatic carboxylic acids is 1. The summed E-state index contributed by atoms with van der Waals surface area (Å²) in [6.45, 7) is 2.24. The van der Waals surface area contributed by atoms with Crippen LogP contribution in [-0.2, 0) is 17.9 Å². The highest BCUT2D eigenvalue weighted by Crippen LogP contribution is 2.29. The Morgan fingerprint density at radius 1 is 1.37 bits per heavy atom. The molecule has 1 aliphatic rings. The van der Waals surface area contributed by atoms with Gasteiger partial charge in [-0.15, -0.1) is 0 Å². The van der Waals surface area contributed by atoms with Crippen molar-refractivity contribution >= 4 is 17.3 Å². The third kappa shape index (κ3) is 2.55. The van der Waals surface area contributed by atoms with Gasteiger partial charge in [-0.3, -0.25) is 9.69 Å². The zero-order chi connectivity index (χ0) is 13.2. The minimum Gasteiger partial charge on any atom is -0.481 e. The largest absolute Gasteiger partial charge is 0.481 e. The van der Waals surface area contributed by atoms with Crippen molar-refractivity contribution in [3.63, 3.8) is 0 Å². The van der Waals surface area contributed by atoms with E-state index in [4.69, 9.17) is 0 Å². The van der Waals surface area contributed by atoms with E-state index in [0.717, 1.165) is 24.2 Å². The van der Waals surface area contributed by atoms with E-state index >= 15 is 0 Å². The highest BCUT2D eigenvalue weighted by atomic mass is 32.1. The lowest BCUT2D eigenvalue weighted by molar-refractivity contribution is -0.139. The molecular weight excluding hydrogens is 258 g/mol. The maximum Gasteiger partial charge on any atom is 0.312 e. The van der Waals surface area contributed by atoms with Crippen LogP contribution >= 0.6 is 11.3 Å². The maximum absolute atomic E-state index is 11.4. The number of benzene rings is 1. The number of fused-ring (bicyclic) bond motifs is 1. The number of carboxylic acids is 1. The molecule has 2 aromatic rings.